The summed E-state index contributed by atoms with van der Waals surface area (Å²) in [7, 11) is 0. The third-order valence-electron chi connectivity index (χ3n) is 2.62. The lowest BCUT2D eigenvalue weighted by molar-refractivity contribution is -0.146. The minimum atomic E-state index is -0.313. The number of amides is 1. The smallest absolute Gasteiger partial charge is 0.320 e. The van der Waals surface area contributed by atoms with Gasteiger partial charge in [0.05, 0.1) is 19.2 Å². The fourth-order valence-electron chi connectivity index (χ4n) is 1.83. The molecular weight excluding hydrogens is 220 g/mol. The number of nitrogens with one attached hydrogen (secondary N) is 1. The number of carbonyl (C=O) groups excluding carboxylic acids is 2. The first-order chi connectivity index (χ1) is 8.09. The minimum absolute atomic E-state index is 0.0713. The molecule has 1 heterocycles. The van der Waals surface area contributed by atoms with Crippen molar-refractivity contribution in [2.24, 2.45) is 0 Å². The number of piperidine rings is 1. The molecule has 0 radical (unpaired) electrons. The van der Waals surface area contributed by atoms with Crippen molar-refractivity contribution in [3.63, 3.8) is 0 Å². The number of hydrogen-bond donors (Lipinski definition) is 1. The van der Waals surface area contributed by atoms with Crippen LogP contribution in [0.25, 0.3) is 0 Å². The van der Waals surface area contributed by atoms with Crippen LogP contribution in [0.15, 0.2) is 0 Å². The molecule has 5 heteroatoms. The molecule has 1 saturated heterocycles. The van der Waals surface area contributed by atoms with Crippen molar-refractivity contribution in [1.82, 2.24) is 10.2 Å². The van der Waals surface area contributed by atoms with Gasteiger partial charge in [-0.05, 0) is 33.1 Å². The van der Waals surface area contributed by atoms with Crippen LogP contribution in [0.3, 0.4) is 0 Å². The maximum absolute atomic E-state index is 11.7. The second kappa shape index (κ2) is 7.27. The fourth-order valence-corrected chi connectivity index (χ4v) is 1.83. The number of rotatable bonds is 5. The molecule has 1 fully saturated rings. The van der Waals surface area contributed by atoms with Crippen LogP contribution >= 0.6 is 0 Å². The van der Waals surface area contributed by atoms with Crippen molar-refractivity contribution in [3.8, 4) is 0 Å². The van der Waals surface area contributed by atoms with Crippen LogP contribution in [0, 0.1) is 0 Å². The van der Waals surface area contributed by atoms with Gasteiger partial charge < -0.3 is 9.64 Å². The Balaban J connectivity index is 2.13. The normalized spacial score (nSPS) is 16.1. The standard InChI is InChI=1S/C12H22N2O3/c1-10(2)17-12(16)9-13-8-11(15)14-6-4-3-5-7-14/h10,13H,3-9H2,1-2H3. The Morgan fingerprint density at radius 1 is 1.18 bits per heavy atom. The minimum Gasteiger partial charge on any atom is -0.462 e. The summed E-state index contributed by atoms with van der Waals surface area (Å²) in [4.78, 5) is 24.8. The third-order valence-corrected chi connectivity index (χ3v) is 2.62. The lowest BCUT2D eigenvalue weighted by atomic mass is 10.1. The summed E-state index contributed by atoms with van der Waals surface area (Å²) in [5, 5.41) is 2.82. The Morgan fingerprint density at radius 3 is 2.41 bits per heavy atom. The molecular formula is C12H22N2O3. The van der Waals surface area contributed by atoms with Gasteiger partial charge in [0.15, 0.2) is 0 Å². The van der Waals surface area contributed by atoms with E-state index in [0.717, 1.165) is 25.9 Å². The SMILES string of the molecule is CC(C)OC(=O)CNCC(=O)N1CCCCC1. The molecule has 5 nitrogen and oxygen atoms in total. The highest BCUT2D eigenvalue weighted by Gasteiger charge is 2.16. The molecule has 0 aromatic carbocycles. The van der Waals surface area contributed by atoms with Gasteiger partial charge in [-0.3, -0.25) is 14.9 Å². The van der Waals surface area contributed by atoms with E-state index in [4.69, 9.17) is 4.74 Å². The Morgan fingerprint density at radius 2 is 1.82 bits per heavy atom. The van der Waals surface area contributed by atoms with Crippen molar-refractivity contribution in [2.75, 3.05) is 26.2 Å². The molecule has 0 atom stereocenters. The van der Waals surface area contributed by atoms with Gasteiger partial charge in [0, 0.05) is 13.1 Å². The summed E-state index contributed by atoms with van der Waals surface area (Å²) >= 11 is 0. The molecule has 0 aromatic heterocycles. The maximum Gasteiger partial charge on any atom is 0.320 e. The molecule has 0 saturated carbocycles. The van der Waals surface area contributed by atoms with Crippen LogP contribution in [-0.4, -0.2) is 49.1 Å². The van der Waals surface area contributed by atoms with Gasteiger partial charge >= 0.3 is 5.97 Å². The van der Waals surface area contributed by atoms with Gasteiger partial charge in [-0.25, -0.2) is 0 Å². The second-order valence-corrected chi connectivity index (χ2v) is 4.58. The number of likely N-dealkylation sites (tertiary alicyclic amines) is 1. The van der Waals surface area contributed by atoms with E-state index < -0.39 is 0 Å². The highest BCUT2D eigenvalue weighted by molar-refractivity contribution is 5.79. The number of nitrogens with zero attached hydrogens (tertiary/aromatic N) is 1. The molecule has 1 amide bonds. The number of carbonyl (C=O) groups is 2. The number of esters is 1. The van der Waals surface area contributed by atoms with Gasteiger partial charge in [0.1, 0.15) is 0 Å². The van der Waals surface area contributed by atoms with Crippen molar-refractivity contribution in [2.45, 2.75) is 39.2 Å². The first-order valence-electron chi connectivity index (χ1n) is 6.27. The molecule has 0 spiro atoms. The lowest BCUT2D eigenvalue weighted by Gasteiger charge is -2.26. The molecule has 0 unspecified atom stereocenters. The predicted octanol–water partition coefficient (Wildman–Crippen LogP) is 0.540. The monoisotopic (exact) mass is 242 g/mol. The molecule has 1 rings (SSSR count). The summed E-state index contributed by atoms with van der Waals surface area (Å²) in [6.07, 6.45) is 3.27. The molecule has 0 bridgehead atoms. The van der Waals surface area contributed by atoms with Crippen molar-refractivity contribution in [1.29, 1.82) is 0 Å². The van der Waals surface area contributed by atoms with Crippen molar-refractivity contribution in [3.05, 3.63) is 0 Å². The Bertz CT molecular complexity index is 260. The topological polar surface area (TPSA) is 58.6 Å². The van der Waals surface area contributed by atoms with E-state index in [0.29, 0.717) is 0 Å². The number of ether oxygens (including phenoxy) is 1. The molecule has 1 N–H and O–H groups in total. The van der Waals surface area contributed by atoms with E-state index in [9.17, 15) is 9.59 Å². The van der Waals surface area contributed by atoms with Crippen LogP contribution in [0.4, 0.5) is 0 Å². The van der Waals surface area contributed by atoms with Gasteiger partial charge in [0.2, 0.25) is 5.91 Å². The average molecular weight is 242 g/mol. The quantitative estimate of drug-likeness (QED) is 0.715. The highest BCUT2D eigenvalue weighted by Crippen LogP contribution is 2.08. The van der Waals surface area contributed by atoms with E-state index >= 15 is 0 Å². The summed E-state index contributed by atoms with van der Waals surface area (Å²) < 4.78 is 4.95. The highest BCUT2D eigenvalue weighted by atomic mass is 16.5. The van der Waals surface area contributed by atoms with E-state index in [1.807, 2.05) is 4.90 Å². The first-order valence-corrected chi connectivity index (χ1v) is 6.27. The largest absolute Gasteiger partial charge is 0.462 e. The molecule has 17 heavy (non-hydrogen) atoms. The predicted molar refractivity (Wildman–Crippen MR) is 64.5 cm³/mol. The summed E-state index contributed by atoms with van der Waals surface area (Å²) in [5.74, 6) is -0.242. The zero-order valence-electron chi connectivity index (χ0n) is 10.7. The van der Waals surface area contributed by atoms with Crippen LogP contribution in [0.2, 0.25) is 0 Å². The maximum atomic E-state index is 11.7. The van der Waals surface area contributed by atoms with Crippen molar-refractivity contribution < 1.29 is 14.3 Å². The van der Waals surface area contributed by atoms with Crippen LogP contribution < -0.4 is 5.32 Å². The summed E-state index contributed by atoms with van der Waals surface area (Å²) in [6, 6.07) is 0. The van der Waals surface area contributed by atoms with E-state index in [1.165, 1.54) is 6.42 Å². The molecule has 0 aliphatic carbocycles. The van der Waals surface area contributed by atoms with Gasteiger partial charge in [0.25, 0.3) is 0 Å². The first kappa shape index (κ1) is 14.0. The van der Waals surface area contributed by atoms with Gasteiger partial charge in [-0.15, -0.1) is 0 Å². The Kier molecular flexibility index (Phi) is 5.97. The Labute approximate surface area is 102 Å². The zero-order valence-corrected chi connectivity index (χ0v) is 10.7. The van der Waals surface area contributed by atoms with Crippen molar-refractivity contribution >= 4 is 11.9 Å². The average Bonchev–Trinajstić information content (AvgIpc) is 2.29. The summed E-state index contributed by atoms with van der Waals surface area (Å²) in [5.41, 5.74) is 0. The van der Waals surface area contributed by atoms with E-state index in [-0.39, 0.29) is 31.1 Å². The van der Waals surface area contributed by atoms with Gasteiger partial charge in [-0.2, -0.15) is 0 Å². The fraction of sp³-hybridized carbons (Fsp3) is 0.833. The second-order valence-electron chi connectivity index (χ2n) is 4.58. The Hall–Kier alpha value is -1.10. The van der Waals surface area contributed by atoms with E-state index in [2.05, 4.69) is 5.32 Å². The van der Waals surface area contributed by atoms with Crippen LogP contribution in [0.1, 0.15) is 33.1 Å². The van der Waals surface area contributed by atoms with E-state index in [1.54, 1.807) is 13.8 Å². The molecule has 98 valence electrons. The molecule has 1 aliphatic rings. The summed E-state index contributed by atoms with van der Waals surface area (Å²) in [6.45, 7) is 5.60. The lowest BCUT2D eigenvalue weighted by Crippen LogP contribution is -2.42. The molecule has 0 aromatic rings. The zero-order chi connectivity index (χ0) is 12.7. The van der Waals surface area contributed by atoms with Gasteiger partial charge in [-0.1, -0.05) is 0 Å². The third kappa shape index (κ3) is 5.68. The van der Waals surface area contributed by atoms with Crippen LogP contribution in [0.5, 0.6) is 0 Å². The number of hydrogen-bond acceptors (Lipinski definition) is 4. The van der Waals surface area contributed by atoms with Crippen LogP contribution in [-0.2, 0) is 14.3 Å². The molecule has 1 aliphatic heterocycles.